The van der Waals surface area contributed by atoms with Gasteiger partial charge in [-0.05, 0) is 109 Å². The monoisotopic (exact) mass is 829 g/mol. The van der Waals surface area contributed by atoms with E-state index in [9.17, 15) is 0 Å². The van der Waals surface area contributed by atoms with E-state index < -0.39 is 0 Å². The highest BCUT2D eigenvalue weighted by atomic mass is 16.3. The molecule has 0 radical (unpaired) electrons. The molecular formula is C61H39N3O. The predicted octanol–water partition coefficient (Wildman–Crippen LogP) is 16.3. The smallest absolute Gasteiger partial charge is 0.164 e. The normalized spacial score (nSPS) is 11.4. The van der Waals surface area contributed by atoms with E-state index in [4.69, 9.17) is 19.4 Å². The Morgan fingerprint density at radius 1 is 0.246 bits per heavy atom. The Bertz CT molecular complexity index is 3630. The van der Waals surface area contributed by atoms with Crippen molar-refractivity contribution in [2.24, 2.45) is 0 Å². The van der Waals surface area contributed by atoms with Crippen LogP contribution in [0.4, 0.5) is 0 Å². The van der Waals surface area contributed by atoms with E-state index in [1.165, 1.54) is 22.3 Å². The molecule has 0 amide bonds. The van der Waals surface area contributed by atoms with Gasteiger partial charge < -0.3 is 4.42 Å². The van der Waals surface area contributed by atoms with E-state index in [2.05, 4.69) is 188 Å². The number of hydrogen-bond donors (Lipinski definition) is 0. The summed E-state index contributed by atoms with van der Waals surface area (Å²) in [6, 6.07) is 83.3. The first-order chi connectivity index (χ1) is 32.2. The fraction of sp³-hybridized carbons (Fsp3) is 0. The summed E-state index contributed by atoms with van der Waals surface area (Å²) >= 11 is 0. The molecule has 4 heteroatoms. The summed E-state index contributed by atoms with van der Waals surface area (Å²) in [5, 5.41) is 4.33. The van der Waals surface area contributed by atoms with Crippen LogP contribution in [0.1, 0.15) is 0 Å². The summed E-state index contributed by atoms with van der Waals surface area (Å²) < 4.78 is 6.21. The molecule has 65 heavy (non-hydrogen) atoms. The highest BCUT2D eigenvalue weighted by Crippen LogP contribution is 2.45. The van der Waals surface area contributed by atoms with Gasteiger partial charge in [0.2, 0.25) is 0 Å². The molecule has 0 aliphatic carbocycles. The van der Waals surface area contributed by atoms with Crippen molar-refractivity contribution in [1.29, 1.82) is 0 Å². The average molecular weight is 830 g/mol. The Kier molecular flexibility index (Phi) is 9.46. The molecule has 12 rings (SSSR count). The number of furan rings is 1. The van der Waals surface area contributed by atoms with Gasteiger partial charge >= 0.3 is 0 Å². The van der Waals surface area contributed by atoms with Crippen LogP contribution in [0.5, 0.6) is 0 Å². The zero-order valence-electron chi connectivity index (χ0n) is 35.3. The Labute approximate surface area is 376 Å². The van der Waals surface area contributed by atoms with Gasteiger partial charge in [-0.25, -0.2) is 15.0 Å². The van der Waals surface area contributed by atoms with Crippen molar-refractivity contribution in [2.75, 3.05) is 0 Å². The van der Waals surface area contributed by atoms with Crippen molar-refractivity contribution in [1.82, 2.24) is 15.0 Å². The summed E-state index contributed by atoms with van der Waals surface area (Å²) in [5.41, 5.74) is 15.8. The van der Waals surface area contributed by atoms with E-state index in [-0.39, 0.29) is 0 Å². The maximum atomic E-state index is 6.21. The molecule has 0 saturated heterocycles. The Balaban J connectivity index is 1.07. The zero-order chi connectivity index (χ0) is 43.1. The van der Waals surface area contributed by atoms with Gasteiger partial charge in [0.15, 0.2) is 17.5 Å². The fourth-order valence-electron chi connectivity index (χ4n) is 9.25. The number of hydrogen-bond acceptors (Lipinski definition) is 4. The van der Waals surface area contributed by atoms with Crippen molar-refractivity contribution < 1.29 is 4.42 Å². The first kappa shape index (κ1) is 38.0. The fourth-order valence-corrected chi connectivity index (χ4v) is 9.25. The number of benzene rings is 10. The molecule has 0 saturated carbocycles. The second kappa shape index (κ2) is 16.2. The third-order valence-electron chi connectivity index (χ3n) is 12.3. The Morgan fingerprint density at radius 2 is 0.769 bits per heavy atom. The lowest BCUT2D eigenvalue weighted by molar-refractivity contribution is 0.669. The maximum absolute atomic E-state index is 6.21. The van der Waals surface area contributed by atoms with E-state index in [1.807, 2.05) is 48.5 Å². The van der Waals surface area contributed by atoms with E-state index in [0.29, 0.717) is 17.5 Å². The van der Waals surface area contributed by atoms with Gasteiger partial charge in [-0.1, -0.05) is 188 Å². The molecule has 2 heterocycles. The topological polar surface area (TPSA) is 51.8 Å². The van der Waals surface area contributed by atoms with Crippen LogP contribution in [0.3, 0.4) is 0 Å². The number of fused-ring (bicyclic) bond motifs is 4. The third-order valence-corrected chi connectivity index (χ3v) is 12.3. The molecule has 304 valence electrons. The first-order valence-corrected chi connectivity index (χ1v) is 21.9. The van der Waals surface area contributed by atoms with Crippen LogP contribution in [0.2, 0.25) is 0 Å². The van der Waals surface area contributed by atoms with Crippen molar-refractivity contribution >= 4 is 32.7 Å². The zero-order valence-corrected chi connectivity index (χ0v) is 35.3. The summed E-state index contributed by atoms with van der Waals surface area (Å²) in [6.45, 7) is 0. The van der Waals surface area contributed by atoms with Gasteiger partial charge in [-0.3, -0.25) is 0 Å². The molecule has 12 aromatic rings. The lowest BCUT2D eigenvalue weighted by atomic mass is 9.84. The predicted molar refractivity (Wildman–Crippen MR) is 268 cm³/mol. The molecule has 0 fully saturated rings. The van der Waals surface area contributed by atoms with Crippen molar-refractivity contribution in [2.45, 2.75) is 0 Å². The SMILES string of the molecule is c1ccc(-c2nc(-c3ccc4oc5ccccc5c4c3)nc(-c3ccc4ccccc4c3-c3cccc(-c4cc(-c5ccccc5)c(-c5ccccc5)c(-c5ccccc5)c4)c3)n2)cc1. The van der Waals surface area contributed by atoms with Gasteiger partial charge in [0, 0.05) is 33.0 Å². The largest absolute Gasteiger partial charge is 0.456 e. The molecular weight excluding hydrogens is 791 g/mol. The number of nitrogens with zero attached hydrogens (tertiary/aromatic N) is 3. The molecule has 2 aromatic heterocycles. The van der Waals surface area contributed by atoms with Crippen LogP contribution in [0.15, 0.2) is 241 Å². The number of aromatic nitrogens is 3. The van der Waals surface area contributed by atoms with Crippen LogP contribution in [0, 0.1) is 0 Å². The van der Waals surface area contributed by atoms with Gasteiger partial charge in [0.25, 0.3) is 0 Å². The van der Waals surface area contributed by atoms with Crippen LogP contribution < -0.4 is 0 Å². The summed E-state index contributed by atoms with van der Waals surface area (Å²) in [7, 11) is 0. The molecule has 4 nitrogen and oxygen atoms in total. The standard InChI is InChI=1S/C61H39N3O/c1-5-18-40(19-6-1)52-38-48(39-53(41-20-7-2-8-21-41)57(52)43-23-9-3-10-24-43)45-27-17-28-46(36-45)58-49-29-14-13-22-42(49)32-34-51(58)61-63-59(44-25-11-4-12-26-44)62-60(64-61)47-33-35-56-54(37-47)50-30-15-16-31-55(50)65-56/h1-39H. The maximum Gasteiger partial charge on any atom is 0.164 e. The Morgan fingerprint density at radius 3 is 1.46 bits per heavy atom. The van der Waals surface area contributed by atoms with Crippen LogP contribution in [-0.4, -0.2) is 15.0 Å². The van der Waals surface area contributed by atoms with E-state index in [1.54, 1.807) is 0 Å². The van der Waals surface area contributed by atoms with Gasteiger partial charge in [0.1, 0.15) is 11.2 Å². The summed E-state index contributed by atoms with van der Waals surface area (Å²) in [6.07, 6.45) is 0. The molecule has 0 aliphatic rings. The summed E-state index contributed by atoms with van der Waals surface area (Å²) in [4.78, 5) is 15.7. The minimum atomic E-state index is 0.592. The quantitative estimate of drug-likeness (QED) is 0.153. The van der Waals surface area contributed by atoms with Crippen LogP contribution in [0.25, 0.3) is 123 Å². The minimum absolute atomic E-state index is 0.592. The molecule has 0 N–H and O–H groups in total. The van der Waals surface area contributed by atoms with Crippen LogP contribution >= 0.6 is 0 Å². The van der Waals surface area contributed by atoms with Gasteiger partial charge in [-0.2, -0.15) is 0 Å². The van der Waals surface area contributed by atoms with Crippen molar-refractivity contribution in [3.63, 3.8) is 0 Å². The highest BCUT2D eigenvalue weighted by molar-refractivity contribution is 6.07. The second-order valence-corrected chi connectivity index (χ2v) is 16.3. The number of para-hydroxylation sites is 1. The Hall–Kier alpha value is -8.73. The van der Waals surface area contributed by atoms with Crippen molar-refractivity contribution in [3.8, 4) is 89.8 Å². The average Bonchev–Trinajstić information content (AvgIpc) is 3.77. The lowest BCUT2D eigenvalue weighted by Gasteiger charge is -2.20. The first-order valence-electron chi connectivity index (χ1n) is 21.9. The molecule has 10 aromatic carbocycles. The summed E-state index contributed by atoms with van der Waals surface area (Å²) in [5.74, 6) is 1.80. The molecule has 0 bridgehead atoms. The minimum Gasteiger partial charge on any atom is -0.456 e. The molecule has 0 aliphatic heterocycles. The van der Waals surface area contributed by atoms with Gasteiger partial charge in [0.05, 0.1) is 0 Å². The van der Waals surface area contributed by atoms with E-state index >= 15 is 0 Å². The molecule has 0 atom stereocenters. The third kappa shape index (κ3) is 7.04. The second-order valence-electron chi connectivity index (χ2n) is 16.3. The van der Waals surface area contributed by atoms with Gasteiger partial charge in [-0.15, -0.1) is 0 Å². The molecule has 0 spiro atoms. The van der Waals surface area contributed by atoms with E-state index in [0.717, 1.165) is 82.8 Å². The number of rotatable bonds is 8. The lowest BCUT2D eigenvalue weighted by Crippen LogP contribution is -2.01. The van der Waals surface area contributed by atoms with Crippen molar-refractivity contribution in [3.05, 3.63) is 237 Å². The highest BCUT2D eigenvalue weighted by Gasteiger charge is 2.21. The molecule has 0 unspecified atom stereocenters. The van der Waals surface area contributed by atoms with Crippen LogP contribution in [-0.2, 0) is 0 Å².